The predicted octanol–water partition coefficient (Wildman–Crippen LogP) is 3.98. The topological polar surface area (TPSA) is 34.9 Å². The monoisotopic (exact) mass is 276 g/mol. The van der Waals surface area contributed by atoms with Crippen LogP contribution >= 0.6 is 11.3 Å². The lowest BCUT2D eigenvalue weighted by Crippen LogP contribution is -2.14. The summed E-state index contributed by atoms with van der Waals surface area (Å²) in [5.41, 5.74) is 3.21. The normalized spacial score (nSPS) is 10.9. The molecule has 2 aromatic rings. The molecule has 0 saturated carbocycles. The van der Waals surface area contributed by atoms with Crippen molar-refractivity contribution in [3.8, 4) is 0 Å². The third kappa shape index (κ3) is 2.95. The number of nitrogens with zero attached hydrogens (tertiary/aromatic N) is 2. The molecule has 0 fully saturated rings. The first-order valence-corrected chi connectivity index (χ1v) is 7.66. The molecule has 3 nitrogen and oxygen atoms in total. The van der Waals surface area contributed by atoms with Gasteiger partial charge in [-0.25, -0.2) is 0 Å². The summed E-state index contributed by atoms with van der Waals surface area (Å²) in [5, 5.41) is 6.34. The standard InChI is InChI=1S/C15H20N2OS/c1-4-5-6-8-13-11(2)16-17(12(13)3)15(18)14-9-7-10-19-14/h7,9-10H,4-6,8H2,1-3H3. The molecule has 2 aromatic heterocycles. The van der Waals surface area contributed by atoms with E-state index < -0.39 is 0 Å². The number of hydrogen-bond donors (Lipinski definition) is 0. The third-order valence-corrected chi connectivity index (χ3v) is 4.25. The Kier molecular flexibility index (Phi) is 4.53. The van der Waals surface area contributed by atoms with Gasteiger partial charge in [0.15, 0.2) is 0 Å². The summed E-state index contributed by atoms with van der Waals surface area (Å²) < 4.78 is 1.56. The highest BCUT2D eigenvalue weighted by molar-refractivity contribution is 7.12. The third-order valence-electron chi connectivity index (χ3n) is 3.40. The molecule has 0 N–H and O–H groups in total. The summed E-state index contributed by atoms with van der Waals surface area (Å²) in [6, 6.07) is 3.74. The minimum absolute atomic E-state index is 0.0164. The fourth-order valence-electron chi connectivity index (χ4n) is 2.29. The van der Waals surface area contributed by atoms with Gasteiger partial charge in [-0.1, -0.05) is 25.8 Å². The highest BCUT2D eigenvalue weighted by atomic mass is 32.1. The van der Waals surface area contributed by atoms with Crippen molar-refractivity contribution in [3.05, 3.63) is 39.3 Å². The van der Waals surface area contributed by atoms with Crippen LogP contribution in [0.15, 0.2) is 17.5 Å². The van der Waals surface area contributed by atoms with E-state index >= 15 is 0 Å². The molecule has 0 unspecified atom stereocenters. The molecule has 0 bridgehead atoms. The van der Waals surface area contributed by atoms with E-state index in [9.17, 15) is 4.79 Å². The number of thiophene rings is 1. The Balaban J connectivity index is 2.23. The van der Waals surface area contributed by atoms with E-state index in [0.717, 1.165) is 29.1 Å². The van der Waals surface area contributed by atoms with E-state index in [0.29, 0.717) is 0 Å². The van der Waals surface area contributed by atoms with Gasteiger partial charge in [-0.05, 0) is 43.7 Å². The number of aryl methyl sites for hydroxylation is 1. The molecule has 0 aliphatic rings. The fourth-order valence-corrected chi connectivity index (χ4v) is 2.94. The summed E-state index contributed by atoms with van der Waals surface area (Å²) in [7, 11) is 0. The smallest absolute Gasteiger partial charge is 0.266 e. The second-order valence-electron chi connectivity index (χ2n) is 4.80. The van der Waals surface area contributed by atoms with Crippen LogP contribution in [-0.2, 0) is 6.42 Å². The van der Waals surface area contributed by atoms with Crippen LogP contribution in [0.4, 0.5) is 0 Å². The Morgan fingerprint density at radius 1 is 1.37 bits per heavy atom. The molecule has 2 heterocycles. The van der Waals surface area contributed by atoms with Crippen LogP contribution in [-0.4, -0.2) is 15.7 Å². The van der Waals surface area contributed by atoms with Crippen molar-refractivity contribution in [3.63, 3.8) is 0 Å². The molecule has 4 heteroatoms. The highest BCUT2D eigenvalue weighted by Gasteiger charge is 2.17. The minimum atomic E-state index is -0.0164. The van der Waals surface area contributed by atoms with Crippen LogP contribution in [0.5, 0.6) is 0 Å². The van der Waals surface area contributed by atoms with Gasteiger partial charge in [0.25, 0.3) is 5.91 Å². The second kappa shape index (κ2) is 6.15. The molecule has 0 amide bonds. The lowest BCUT2D eigenvalue weighted by atomic mass is 10.1. The van der Waals surface area contributed by atoms with E-state index in [1.807, 2.05) is 31.4 Å². The number of unbranched alkanes of at least 4 members (excludes halogenated alkanes) is 2. The first-order valence-electron chi connectivity index (χ1n) is 6.78. The van der Waals surface area contributed by atoms with Crippen molar-refractivity contribution in [1.29, 1.82) is 0 Å². The predicted molar refractivity (Wildman–Crippen MR) is 79.0 cm³/mol. The molecular weight excluding hydrogens is 256 g/mol. The first-order chi connectivity index (χ1) is 9.15. The molecule has 2 rings (SSSR count). The molecular formula is C15H20N2OS. The van der Waals surface area contributed by atoms with E-state index in [1.165, 1.54) is 29.7 Å². The van der Waals surface area contributed by atoms with Gasteiger partial charge >= 0.3 is 0 Å². The summed E-state index contributed by atoms with van der Waals surface area (Å²) in [4.78, 5) is 13.1. The van der Waals surface area contributed by atoms with Gasteiger partial charge in [0.2, 0.25) is 0 Å². The van der Waals surface area contributed by atoms with Crippen molar-refractivity contribution >= 4 is 17.2 Å². The number of rotatable bonds is 5. The van der Waals surface area contributed by atoms with Crippen LogP contribution in [0.2, 0.25) is 0 Å². The molecule has 0 radical (unpaired) electrons. The molecule has 19 heavy (non-hydrogen) atoms. The Morgan fingerprint density at radius 2 is 2.16 bits per heavy atom. The summed E-state index contributed by atoms with van der Waals surface area (Å²) in [6.07, 6.45) is 4.61. The van der Waals surface area contributed by atoms with Gasteiger partial charge in [0.1, 0.15) is 0 Å². The van der Waals surface area contributed by atoms with Crippen LogP contribution in [0.25, 0.3) is 0 Å². The van der Waals surface area contributed by atoms with Gasteiger partial charge in [-0.2, -0.15) is 9.78 Å². The van der Waals surface area contributed by atoms with E-state index in [-0.39, 0.29) is 5.91 Å². The van der Waals surface area contributed by atoms with Crippen molar-refractivity contribution in [2.24, 2.45) is 0 Å². The Hall–Kier alpha value is -1.42. The van der Waals surface area contributed by atoms with Crippen molar-refractivity contribution in [2.75, 3.05) is 0 Å². The van der Waals surface area contributed by atoms with Crippen LogP contribution in [0.1, 0.15) is 52.8 Å². The number of carbonyl (C=O) groups excluding carboxylic acids is 1. The molecule has 0 aliphatic carbocycles. The van der Waals surface area contributed by atoms with Gasteiger partial charge in [-0.3, -0.25) is 4.79 Å². The molecule has 0 saturated heterocycles. The van der Waals surface area contributed by atoms with Gasteiger partial charge in [0, 0.05) is 5.69 Å². The maximum atomic E-state index is 12.3. The molecule has 0 spiro atoms. The minimum Gasteiger partial charge on any atom is -0.266 e. The molecule has 0 aliphatic heterocycles. The van der Waals surface area contributed by atoms with Crippen LogP contribution < -0.4 is 0 Å². The molecule has 102 valence electrons. The van der Waals surface area contributed by atoms with Gasteiger partial charge in [0.05, 0.1) is 10.6 Å². The van der Waals surface area contributed by atoms with Crippen molar-refractivity contribution < 1.29 is 4.79 Å². The van der Waals surface area contributed by atoms with Crippen molar-refractivity contribution in [1.82, 2.24) is 9.78 Å². The second-order valence-corrected chi connectivity index (χ2v) is 5.75. The lowest BCUT2D eigenvalue weighted by molar-refractivity contribution is 0.0946. The van der Waals surface area contributed by atoms with Gasteiger partial charge in [-0.15, -0.1) is 11.3 Å². The zero-order chi connectivity index (χ0) is 13.8. The zero-order valence-electron chi connectivity index (χ0n) is 11.8. The van der Waals surface area contributed by atoms with E-state index in [4.69, 9.17) is 0 Å². The Bertz CT molecular complexity index is 555. The van der Waals surface area contributed by atoms with Crippen LogP contribution in [0, 0.1) is 13.8 Å². The van der Waals surface area contributed by atoms with E-state index in [2.05, 4.69) is 12.0 Å². The van der Waals surface area contributed by atoms with Crippen LogP contribution in [0.3, 0.4) is 0 Å². The maximum absolute atomic E-state index is 12.3. The average molecular weight is 276 g/mol. The largest absolute Gasteiger partial charge is 0.288 e. The number of hydrogen-bond acceptors (Lipinski definition) is 3. The number of aromatic nitrogens is 2. The SMILES string of the molecule is CCCCCc1c(C)nn(C(=O)c2cccs2)c1C. The van der Waals surface area contributed by atoms with Gasteiger partial charge < -0.3 is 0 Å². The lowest BCUT2D eigenvalue weighted by Gasteiger charge is -2.03. The zero-order valence-corrected chi connectivity index (χ0v) is 12.6. The summed E-state index contributed by atoms with van der Waals surface area (Å²) >= 11 is 1.46. The summed E-state index contributed by atoms with van der Waals surface area (Å²) in [6.45, 7) is 6.18. The summed E-state index contributed by atoms with van der Waals surface area (Å²) in [5.74, 6) is -0.0164. The van der Waals surface area contributed by atoms with E-state index in [1.54, 1.807) is 4.68 Å². The quantitative estimate of drug-likeness (QED) is 0.774. The number of carbonyl (C=O) groups is 1. The molecule has 0 atom stereocenters. The maximum Gasteiger partial charge on any atom is 0.288 e. The Morgan fingerprint density at radius 3 is 2.79 bits per heavy atom. The average Bonchev–Trinajstić information content (AvgIpc) is 3.01. The van der Waals surface area contributed by atoms with Crippen molar-refractivity contribution in [2.45, 2.75) is 46.5 Å². The Labute approximate surface area is 118 Å². The fraction of sp³-hybridized carbons (Fsp3) is 0.467. The molecule has 0 aromatic carbocycles. The first kappa shape index (κ1) is 14.0. The highest BCUT2D eigenvalue weighted by Crippen LogP contribution is 2.19.